The molecule has 0 saturated heterocycles. The third-order valence-electron chi connectivity index (χ3n) is 4.85. The van der Waals surface area contributed by atoms with Crippen LogP contribution >= 0.6 is 0 Å². The molecule has 3 atom stereocenters. The highest BCUT2D eigenvalue weighted by atomic mass is 16.5. The second-order valence-corrected chi connectivity index (χ2v) is 8.22. The van der Waals surface area contributed by atoms with Gasteiger partial charge in [-0.3, -0.25) is 19.6 Å². The van der Waals surface area contributed by atoms with Crippen LogP contribution in [0, 0.1) is 11.3 Å². The Balaban J connectivity index is 5.26. The van der Waals surface area contributed by atoms with Crippen LogP contribution in [0.2, 0.25) is 0 Å². The Morgan fingerprint density at radius 1 is 0.964 bits per heavy atom. The number of unbranched alkanes of at least 4 members (excludes halogenated alkanes) is 5. The van der Waals surface area contributed by atoms with Crippen LogP contribution in [0.4, 0.5) is 0 Å². The van der Waals surface area contributed by atoms with Gasteiger partial charge in [0.15, 0.2) is 0 Å². The highest BCUT2D eigenvalue weighted by molar-refractivity contribution is 5.92. The van der Waals surface area contributed by atoms with E-state index >= 15 is 0 Å². The van der Waals surface area contributed by atoms with Crippen LogP contribution in [0.15, 0.2) is 0 Å². The van der Waals surface area contributed by atoms with Crippen molar-refractivity contribution < 1.29 is 24.3 Å². The topological polar surface area (TPSA) is 117 Å². The van der Waals surface area contributed by atoms with Gasteiger partial charge in [0.05, 0.1) is 5.92 Å². The summed E-state index contributed by atoms with van der Waals surface area (Å²) in [7, 11) is 2.83. The van der Waals surface area contributed by atoms with Crippen molar-refractivity contribution in [3.63, 3.8) is 0 Å². The van der Waals surface area contributed by atoms with Crippen molar-refractivity contribution in [1.82, 2.24) is 16.1 Å². The molecule has 8 heteroatoms. The Morgan fingerprint density at radius 3 is 2.00 bits per heavy atom. The molecule has 0 saturated carbocycles. The molecule has 0 fully saturated rings. The van der Waals surface area contributed by atoms with E-state index in [4.69, 9.17) is 9.94 Å². The highest BCUT2D eigenvalue weighted by Crippen LogP contribution is 2.23. The summed E-state index contributed by atoms with van der Waals surface area (Å²) in [4.78, 5) is 37.2. The van der Waals surface area contributed by atoms with Crippen molar-refractivity contribution in [3.05, 3.63) is 0 Å². The molecule has 4 N–H and O–H groups in total. The summed E-state index contributed by atoms with van der Waals surface area (Å²) < 4.78 is 5.20. The van der Waals surface area contributed by atoms with Gasteiger partial charge in [-0.2, -0.15) is 0 Å². The first kappa shape index (κ1) is 26.3. The normalized spacial score (nSPS) is 14.7. The fourth-order valence-corrected chi connectivity index (χ4v) is 3.15. The molecule has 0 aliphatic carbocycles. The molecule has 0 spiro atoms. The Bertz CT molecular complexity index is 491. The zero-order valence-corrected chi connectivity index (χ0v) is 18.3. The lowest BCUT2D eigenvalue weighted by molar-refractivity contribution is -0.149. The Kier molecular flexibility index (Phi) is 12.7. The summed E-state index contributed by atoms with van der Waals surface area (Å²) >= 11 is 0. The second kappa shape index (κ2) is 13.5. The Labute approximate surface area is 169 Å². The zero-order valence-electron chi connectivity index (χ0n) is 18.3. The van der Waals surface area contributed by atoms with E-state index in [1.54, 1.807) is 5.48 Å². The minimum Gasteiger partial charge on any atom is -0.371 e. The maximum absolute atomic E-state index is 13.0. The molecule has 0 bridgehead atoms. The Morgan fingerprint density at radius 2 is 1.54 bits per heavy atom. The van der Waals surface area contributed by atoms with Gasteiger partial charge in [0.1, 0.15) is 12.1 Å². The van der Waals surface area contributed by atoms with E-state index in [9.17, 15) is 14.4 Å². The maximum atomic E-state index is 13.0. The van der Waals surface area contributed by atoms with Crippen LogP contribution in [0.1, 0.15) is 72.6 Å². The maximum Gasteiger partial charge on any atom is 0.273 e. The Hall–Kier alpha value is -1.67. The van der Waals surface area contributed by atoms with E-state index in [2.05, 4.69) is 17.6 Å². The summed E-state index contributed by atoms with van der Waals surface area (Å²) in [6.45, 7) is 7.70. The molecule has 28 heavy (non-hydrogen) atoms. The van der Waals surface area contributed by atoms with Gasteiger partial charge in [0.2, 0.25) is 11.8 Å². The molecule has 0 aromatic rings. The number of amides is 3. The molecule has 3 amide bonds. The van der Waals surface area contributed by atoms with Crippen molar-refractivity contribution >= 4 is 17.7 Å². The summed E-state index contributed by atoms with van der Waals surface area (Å²) in [6, 6.07) is -0.758. The predicted octanol–water partition coefficient (Wildman–Crippen LogP) is 2.15. The van der Waals surface area contributed by atoms with Crippen molar-refractivity contribution in [3.8, 4) is 0 Å². The molecule has 0 radical (unpaired) electrons. The molecular formula is C20H39N3O5. The number of carbonyl (C=O) groups is 3. The van der Waals surface area contributed by atoms with Gasteiger partial charge in [-0.15, -0.1) is 0 Å². The number of hydroxylamine groups is 1. The number of rotatable bonds is 13. The summed E-state index contributed by atoms with van der Waals surface area (Å²) in [5, 5.41) is 14.3. The monoisotopic (exact) mass is 401 g/mol. The lowest BCUT2D eigenvalue weighted by atomic mass is 9.85. The van der Waals surface area contributed by atoms with Crippen LogP contribution in [0.5, 0.6) is 0 Å². The average Bonchev–Trinajstić information content (AvgIpc) is 2.65. The first-order valence-electron chi connectivity index (χ1n) is 10.1. The molecular weight excluding hydrogens is 362 g/mol. The van der Waals surface area contributed by atoms with Crippen molar-refractivity contribution in [2.75, 3.05) is 14.2 Å². The minimum absolute atomic E-state index is 0.306. The molecule has 0 rings (SSSR count). The van der Waals surface area contributed by atoms with E-state index in [0.29, 0.717) is 6.42 Å². The highest BCUT2D eigenvalue weighted by Gasteiger charge is 2.38. The second-order valence-electron chi connectivity index (χ2n) is 8.22. The van der Waals surface area contributed by atoms with E-state index < -0.39 is 35.3 Å². The molecule has 0 unspecified atom stereocenters. The number of nitrogens with one attached hydrogen (secondary N) is 3. The number of hydrogen-bond acceptors (Lipinski definition) is 5. The third kappa shape index (κ3) is 9.01. The summed E-state index contributed by atoms with van der Waals surface area (Å²) in [5.41, 5.74) is 1.05. The van der Waals surface area contributed by atoms with Gasteiger partial charge < -0.3 is 15.4 Å². The standard InChI is InChI=1S/C20H39N3O5/c1-7-8-9-10-11-12-13-14(15(28-6)18(25)23-27)17(24)22-16(19(26)21-5)20(2,3)4/h14-16,27H,7-13H2,1-6H3,(H,21,26)(H,22,24)(H,23,25)/t14-,15+,16-/m1/s1. The number of carbonyl (C=O) groups excluding carboxylic acids is 3. The zero-order chi connectivity index (χ0) is 21.7. The van der Waals surface area contributed by atoms with Gasteiger partial charge in [0, 0.05) is 14.2 Å². The van der Waals surface area contributed by atoms with Crippen LogP contribution in [0.3, 0.4) is 0 Å². The van der Waals surface area contributed by atoms with Gasteiger partial charge in [-0.05, 0) is 11.8 Å². The number of methoxy groups -OCH3 is 1. The van der Waals surface area contributed by atoms with E-state index in [0.717, 1.165) is 32.1 Å². The van der Waals surface area contributed by atoms with Crippen LogP contribution in [0.25, 0.3) is 0 Å². The van der Waals surface area contributed by atoms with Crippen LogP contribution in [-0.4, -0.2) is 49.2 Å². The van der Waals surface area contributed by atoms with Gasteiger partial charge in [-0.25, -0.2) is 5.48 Å². The lowest BCUT2D eigenvalue weighted by Gasteiger charge is -2.32. The fraction of sp³-hybridized carbons (Fsp3) is 0.850. The van der Waals surface area contributed by atoms with Crippen molar-refractivity contribution in [2.24, 2.45) is 11.3 Å². The summed E-state index contributed by atoms with van der Waals surface area (Å²) in [5.74, 6) is -2.33. The third-order valence-corrected chi connectivity index (χ3v) is 4.85. The predicted molar refractivity (Wildman–Crippen MR) is 108 cm³/mol. The quantitative estimate of drug-likeness (QED) is 0.214. The SMILES string of the molecule is CCCCCCCC[C@@H](C(=O)N[C@H](C(=O)NC)C(C)(C)C)[C@H](OC)C(=O)NO. The fourth-order valence-electron chi connectivity index (χ4n) is 3.15. The summed E-state index contributed by atoms with van der Waals surface area (Å²) in [6.07, 6.45) is 5.52. The van der Waals surface area contributed by atoms with Gasteiger partial charge in [-0.1, -0.05) is 66.2 Å². The van der Waals surface area contributed by atoms with E-state index in [-0.39, 0.29) is 5.91 Å². The molecule has 164 valence electrons. The average molecular weight is 402 g/mol. The smallest absolute Gasteiger partial charge is 0.273 e. The van der Waals surface area contributed by atoms with Gasteiger partial charge >= 0.3 is 0 Å². The molecule has 0 aliphatic rings. The molecule has 0 heterocycles. The number of likely N-dealkylation sites (N-methyl/N-ethyl adjacent to an activating group) is 1. The first-order chi connectivity index (χ1) is 13.1. The minimum atomic E-state index is -1.13. The van der Waals surface area contributed by atoms with Crippen molar-refractivity contribution in [2.45, 2.75) is 84.8 Å². The molecule has 0 aliphatic heterocycles. The molecule has 8 nitrogen and oxygen atoms in total. The number of ether oxygens (including phenoxy) is 1. The molecule has 0 aromatic heterocycles. The largest absolute Gasteiger partial charge is 0.371 e. The van der Waals surface area contributed by atoms with E-state index in [1.165, 1.54) is 20.6 Å². The number of hydrogen-bond donors (Lipinski definition) is 4. The van der Waals surface area contributed by atoms with Gasteiger partial charge in [0.25, 0.3) is 5.91 Å². The first-order valence-corrected chi connectivity index (χ1v) is 10.1. The lowest BCUT2D eigenvalue weighted by Crippen LogP contribution is -2.56. The van der Waals surface area contributed by atoms with E-state index in [1.807, 2.05) is 20.8 Å². The van der Waals surface area contributed by atoms with Crippen molar-refractivity contribution in [1.29, 1.82) is 0 Å². The molecule has 0 aromatic carbocycles. The van der Waals surface area contributed by atoms with Crippen LogP contribution < -0.4 is 16.1 Å². The van der Waals surface area contributed by atoms with Crippen LogP contribution in [-0.2, 0) is 19.1 Å².